The van der Waals surface area contributed by atoms with Crippen LogP contribution in [-0.4, -0.2) is 0 Å². The van der Waals surface area contributed by atoms with Crippen molar-refractivity contribution in [3.05, 3.63) is 141 Å². The summed E-state index contributed by atoms with van der Waals surface area (Å²) in [5.74, 6) is -0.818. The third-order valence-corrected chi connectivity index (χ3v) is 4.99. The molecule has 0 fully saturated rings. The lowest BCUT2D eigenvalue weighted by Crippen LogP contribution is -2.14. The first-order valence-corrected chi connectivity index (χ1v) is 9.57. The van der Waals surface area contributed by atoms with Crippen LogP contribution >= 0.6 is 0 Å². The standard InChI is InChI=1S/C26H16F2N2/c27-19-11-13-23-21(15-19)22-16-20(28)12-14-24(22)30-26(18-9-5-2-6-10-18)25(29-23)17-7-3-1-4-8-17/h1-16H. The summed E-state index contributed by atoms with van der Waals surface area (Å²) >= 11 is 0. The maximum atomic E-state index is 14.1. The highest BCUT2D eigenvalue weighted by Crippen LogP contribution is 2.28. The normalized spacial score (nSPS) is 12.7. The summed E-state index contributed by atoms with van der Waals surface area (Å²) in [6, 6.07) is 28.2. The van der Waals surface area contributed by atoms with Gasteiger partial charge in [0.1, 0.15) is 11.6 Å². The van der Waals surface area contributed by atoms with Crippen molar-refractivity contribution in [1.29, 1.82) is 0 Å². The second-order valence-corrected chi connectivity index (χ2v) is 6.98. The van der Waals surface area contributed by atoms with Crippen LogP contribution in [0.1, 0.15) is 11.1 Å². The van der Waals surface area contributed by atoms with E-state index in [2.05, 4.69) is 0 Å². The molecule has 0 amide bonds. The first kappa shape index (κ1) is 18.1. The van der Waals surface area contributed by atoms with Gasteiger partial charge in [-0.3, -0.25) is 0 Å². The van der Waals surface area contributed by atoms with Gasteiger partial charge in [0.05, 0.1) is 22.1 Å². The van der Waals surface area contributed by atoms with E-state index in [0.717, 1.165) is 11.1 Å². The molecule has 30 heavy (non-hydrogen) atoms. The van der Waals surface area contributed by atoms with Gasteiger partial charge in [-0.05, 0) is 36.4 Å². The number of benzene rings is 4. The van der Waals surface area contributed by atoms with Crippen molar-refractivity contribution in [3.8, 4) is 0 Å². The zero-order chi connectivity index (χ0) is 20.5. The van der Waals surface area contributed by atoms with Crippen LogP contribution in [0.2, 0.25) is 0 Å². The highest BCUT2D eigenvalue weighted by Gasteiger charge is 2.13. The Bertz CT molecular complexity index is 1380. The third-order valence-electron chi connectivity index (χ3n) is 4.99. The van der Waals surface area contributed by atoms with E-state index in [1.54, 1.807) is 12.1 Å². The molecule has 1 aliphatic heterocycles. The van der Waals surface area contributed by atoms with Crippen LogP contribution in [0.25, 0.3) is 11.4 Å². The summed E-state index contributed by atoms with van der Waals surface area (Å²) in [6.45, 7) is 0. The Kier molecular flexibility index (Phi) is 4.52. The van der Waals surface area contributed by atoms with E-state index in [9.17, 15) is 8.78 Å². The lowest BCUT2D eigenvalue weighted by atomic mass is 10.0. The van der Waals surface area contributed by atoms with Crippen LogP contribution in [0.15, 0.2) is 107 Å². The summed E-state index contributed by atoms with van der Waals surface area (Å²) in [5.41, 5.74) is 3.12. The summed E-state index contributed by atoms with van der Waals surface area (Å²) in [4.78, 5) is 9.79. The number of fused-ring (bicyclic) bond motifs is 2. The van der Waals surface area contributed by atoms with Crippen molar-refractivity contribution in [1.82, 2.24) is 0 Å². The highest BCUT2D eigenvalue weighted by molar-refractivity contribution is 5.89. The van der Waals surface area contributed by atoms with Gasteiger partial charge in [-0.1, -0.05) is 60.7 Å². The Morgan fingerprint density at radius 2 is 0.867 bits per heavy atom. The molecular formula is C26H16F2N2. The molecule has 0 bridgehead atoms. The van der Waals surface area contributed by atoms with Gasteiger partial charge in [-0.25, -0.2) is 18.8 Å². The largest absolute Gasteiger partial charge is 0.245 e. The molecule has 1 aliphatic rings. The smallest absolute Gasteiger partial charge is 0.123 e. The van der Waals surface area contributed by atoms with Crippen LogP contribution in [0, 0.1) is 22.1 Å². The molecule has 4 aromatic rings. The fourth-order valence-electron chi connectivity index (χ4n) is 3.58. The molecule has 0 atom stereocenters. The van der Waals surface area contributed by atoms with Gasteiger partial charge < -0.3 is 0 Å². The lowest BCUT2D eigenvalue weighted by Gasteiger charge is -2.11. The molecule has 0 aromatic heterocycles. The number of rotatable bonds is 2. The topological polar surface area (TPSA) is 24.7 Å². The minimum atomic E-state index is -0.409. The minimum absolute atomic E-state index is 0.409. The number of hydrogen-bond acceptors (Lipinski definition) is 2. The van der Waals surface area contributed by atoms with Crippen molar-refractivity contribution < 1.29 is 8.78 Å². The molecule has 0 aliphatic carbocycles. The molecule has 4 heteroatoms. The Morgan fingerprint density at radius 1 is 0.467 bits per heavy atom. The van der Waals surface area contributed by atoms with Crippen LogP contribution in [0.3, 0.4) is 0 Å². The quantitative estimate of drug-likeness (QED) is 0.456. The molecule has 1 heterocycles. The van der Waals surface area contributed by atoms with E-state index in [4.69, 9.17) is 9.98 Å². The lowest BCUT2D eigenvalue weighted by molar-refractivity contribution is 0.622. The third kappa shape index (κ3) is 3.33. The molecule has 0 unspecified atom stereocenters. The van der Waals surface area contributed by atoms with Crippen LogP contribution in [0.4, 0.5) is 8.78 Å². The second kappa shape index (κ2) is 7.48. The average Bonchev–Trinajstić information content (AvgIpc) is 2.78. The zero-order valence-electron chi connectivity index (χ0n) is 15.9. The Morgan fingerprint density at radius 3 is 1.27 bits per heavy atom. The predicted molar refractivity (Wildman–Crippen MR) is 112 cm³/mol. The second-order valence-electron chi connectivity index (χ2n) is 6.98. The Balaban J connectivity index is 2.02. The average molecular weight is 394 g/mol. The van der Waals surface area contributed by atoms with Crippen LogP contribution < -0.4 is 10.7 Å². The van der Waals surface area contributed by atoms with E-state index in [-0.39, 0.29) is 0 Å². The maximum absolute atomic E-state index is 14.1. The summed E-state index contributed by atoms with van der Waals surface area (Å²) in [5, 5.41) is 2.14. The van der Waals surface area contributed by atoms with E-state index in [0.29, 0.717) is 32.5 Å². The maximum Gasteiger partial charge on any atom is 0.123 e. The monoisotopic (exact) mass is 394 g/mol. The summed E-state index contributed by atoms with van der Waals surface area (Å²) in [7, 11) is 0. The van der Waals surface area contributed by atoms with Gasteiger partial charge in [0, 0.05) is 21.6 Å². The van der Waals surface area contributed by atoms with E-state index in [1.165, 1.54) is 24.3 Å². The van der Waals surface area contributed by atoms with Gasteiger partial charge in [-0.15, -0.1) is 0 Å². The molecule has 5 rings (SSSR count). The molecule has 0 saturated carbocycles. The van der Waals surface area contributed by atoms with Crippen molar-refractivity contribution in [2.75, 3.05) is 0 Å². The highest BCUT2D eigenvalue weighted by atomic mass is 19.1. The van der Waals surface area contributed by atoms with Crippen LogP contribution in [0.5, 0.6) is 0 Å². The van der Waals surface area contributed by atoms with Crippen LogP contribution in [-0.2, 0) is 0 Å². The fourth-order valence-corrected chi connectivity index (χ4v) is 3.58. The molecule has 4 aromatic carbocycles. The molecule has 0 N–H and O–H groups in total. The Labute approximate surface area is 171 Å². The van der Waals surface area contributed by atoms with E-state index in [1.807, 2.05) is 60.7 Å². The zero-order valence-corrected chi connectivity index (χ0v) is 15.9. The molecule has 0 radical (unpaired) electrons. The van der Waals surface area contributed by atoms with E-state index < -0.39 is 11.6 Å². The fraction of sp³-hybridized carbons (Fsp3) is 0. The number of hydrogen-bond donors (Lipinski definition) is 0. The summed E-state index contributed by atoms with van der Waals surface area (Å²) < 4.78 is 28.2. The number of halogens is 2. The predicted octanol–water partition coefficient (Wildman–Crippen LogP) is 5.03. The van der Waals surface area contributed by atoms with Gasteiger partial charge in [0.15, 0.2) is 0 Å². The van der Waals surface area contributed by atoms with Gasteiger partial charge in [0.2, 0.25) is 0 Å². The van der Waals surface area contributed by atoms with Crippen molar-refractivity contribution in [3.63, 3.8) is 0 Å². The van der Waals surface area contributed by atoms with Gasteiger partial charge >= 0.3 is 0 Å². The SMILES string of the molecule is Fc1ccc2c(c1)=c1cc(F)ccc1=NC(c1ccccc1)=C(c1ccccc1)N=2. The van der Waals surface area contributed by atoms with Gasteiger partial charge in [0.25, 0.3) is 0 Å². The minimum Gasteiger partial charge on any atom is -0.245 e. The molecule has 0 saturated heterocycles. The molecule has 0 spiro atoms. The molecule has 2 nitrogen and oxygen atoms in total. The van der Waals surface area contributed by atoms with Crippen molar-refractivity contribution in [2.24, 2.45) is 9.98 Å². The first-order valence-electron chi connectivity index (χ1n) is 9.57. The molecule has 144 valence electrons. The molecular weight excluding hydrogens is 378 g/mol. The Hall–Kier alpha value is -3.92. The van der Waals surface area contributed by atoms with Crippen molar-refractivity contribution >= 4 is 11.4 Å². The first-order chi connectivity index (χ1) is 14.7. The van der Waals surface area contributed by atoms with Gasteiger partial charge in [-0.2, -0.15) is 0 Å². The summed E-state index contributed by atoms with van der Waals surface area (Å²) in [6.07, 6.45) is 0. The number of nitrogens with zero attached hydrogens (tertiary/aromatic N) is 2. The van der Waals surface area contributed by atoms with Crippen molar-refractivity contribution in [2.45, 2.75) is 0 Å². The van der Waals surface area contributed by atoms with E-state index >= 15 is 0 Å².